The van der Waals surface area contributed by atoms with E-state index < -0.39 is 17.9 Å². The van der Waals surface area contributed by atoms with Crippen molar-refractivity contribution in [2.75, 3.05) is 13.6 Å². The molecule has 0 saturated heterocycles. The summed E-state index contributed by atoms with van der Waals surface area (Å²) in [5.41, 5.74) is 10.0. The van der Waals surface area contributed by atoms with E-state index in [9.17, 15) is 19.2 Å². The molecule has 2 heterocycles. The number of hydrogen-bond acceptors (Lipinski definition) is 8. The van der Waals surface area contributed by atoms with Crippen LogP contribution in [0.3, 0.4) is 0 Å². The lowest BCUT2D eigenvalue weighted by Gasteiger charge is -2.16. The molecule has 1 atom stereocenters. The summed E-state index contributed by atoms with van der Waals surface area (Å²) in [7, 11) is 1.54. The van der Waals surface area contributed by atoms with Gasteiger partial charge in [-0.05, 0) is 75.3 Å². The molecule has 3 aromatic carbocycles. The minimum Gasteiger partial charge on any atom is -0.340 e. The number of rotatable bonds is 13. The molecule has 0 radical (unpaired) electrons. The number of likely N-dealkylation sites (N-methyl/N-ethyl adjacent to an activating group) is 1. The minimum absolute atomic E-state index is 0.199. The van der Waals surface area contributed by atoms with Crippen molar-refractivity contribution in [2.45, 2.75) is 110 Å². The van der Waals surface area contributed by atoms with E-state index in [1.165, 1.54) is 37.6 Å². The number of aromatic nitrogens is 4. The van der Waals surface area contributed by atoms with Crippen LogP contribution in [-0.4, -0.2) is 72.9 Å². The first kappa shape index (κ1) is 41.0. The molecule has 2 fully saturated rings. The van der Waals surface area contributed by atoms with E-state index in [-0.39, 0.29) is 25.0 Å². The number of fused-ring (bicyclic) bond motifs is 2. The topological polar surface area (TPSA) is 173 Å². The Bertz CT molecular complexity index is 2190. The van der Waals surface area contributed by atoms with Gasteiger partial charge in [0.15, 0.2) is 0 Å². The number of aryl methyl sites for hydroxylation is 2. The Morgan fingerprint density at radius 1 is 0.807 bits per heavy atom. The number of carbonyl (C=O) groups excluding carboxylic acids is 4. The van der Waals surface area contributed by atoms with Crippen molar-refractivity contribution in [2.24, 2.45) is 0 Å². The molecule has 14 heteroatoms. The predicted molar refractivity (Wildman–Crippen MR) is 216 cm³/mol. The van der Waals surface area contributed by atoms with Crippen LogP contribution < -0.4 is 16.3 Å². The summed E-state index contributed by atoms with van der Waals surface area (Å²) in [5.74, 6) is -1.58. The van der Waals surface area contributed by atoms with Crippen LogP contribution in [0, 0.1) is 0 Å². The smallest absolute Gasteiger partial charge is 0.265 e. The maximum absolute atomic E-state index is 12.8. The lowest BCUT2D eigenvalue weighted by atomic mass is 10.1. The van der Waals surface area contributed by atoms with Gasteiger partial charge in [0.25, 0.3) is 23.6 Å². The first-order chi connectivity index (χ1) is 27.6. The number of nitrogens with zero attached hydrogens (tertiary/aromatic N) is 5. The summed E-state index contributed by atoms with van der Waals surface area (Å²) in [6.07, 6.45) is 11.0. The highest BCUT2D eigenvalue weighted by Crippen LogP contribution is 2.34. The number of nitrogens with one attached hydrogen (secondary N) is 3. The highest BCUT2D eigenvalue weighted by atomic mass is 16.6. The van der Waals surface area contributed by atoms with Gasteiger partial charge >= 0.3 is 0 Å². The van der Waals surface area contributed by atoms with Gasteiger partial charge in [0, 0.05) is 28.9 Å². The molecular formula is C43H54N8O6. The van der Waals surface area contributed by atoms with E-state index in [0.29, 0.717) is 23.2 Å². The summed E-state index contributed by atoms with van der Waals surface area (Å²) in [4.78, 5) is 55.6. The van der Waals surface area contributed by atoms with Crippen molar-refractivity contribution >= 4 is 45.4 Å². The van der Waals surface area contributed by atoms with Crippen molar-refractivity contribution in [3.8, 4) is 0 Å². The van der Waals surface area contributed by atoms with Crippen LogP contribution in [0.25, 0.3) is 21.8 Å². The van der Waals surface area contributed by atoms with E-state index in [1.807, 2.05) is 54.6 Å². The Morgan fingerprint density at radius 3 is 1.86 bits per heavy atom. The highest BCUT2D eigenvalue weighted by molar-refractivity contribution is 6.01. The molecule has 14 nitrogen and oxygen atoms in total. The number of carbonyl (C=O) groups is 4. The van der Waals surface area contributed by atoms with Crippen molar-refractivity contribution < 1.29 is 29.2 Å². The van der Waals surface area contributed by atoms with Crippen LogP contribution in [0.5, 0.6) is 0 Å². The van der Waals surface area contributed by atoms with E-state index in [4.69, 9.17) is 20.2 Å². The molecule has 4 N–H and O–H groups in total. The third-order valence-corrected chi connectivity index (χ3v) is 10.9. The Kier molecular flexibility index (Phi) is 13.7. The third kappa shape index (κ3) is 9.69. The molecule has 2 aliphatic carbocycles. The average molecular weight is 779 g/mol. The van der Waals surface area contributed by atoms with Gasteiger partial charge < -0.3 is 10.2 Å². The second-order valence-electron chi connectivity index (χ2n) is 15.0. The van der Waals surface area contributed by atoms with Crippen LogP contribution in [0.1, 0.15) is 122 Å². The number of benzene rings is 3. The van der Waals surface area contributed by atoms with Gasteiger partial charge in [0.2, 0.25) is 0 Å². The molecule has 57 heavy (non-hydrogen) atoms. The van der Waals surface area contributed by atoms with E-state index in [1.54, 1.807) is 24.5 Å². The summed E-state index contributed by atoms with van der Waals surface area (Å²) in [5, 5.41) is 23.2. The van der Waals surface area contributed by atoms with Crippen molar-refractivity contribution in [3.63, 3.8) is 0 Å². The zero-order valence-electron chi connectivity index (χ0n) is 33.3. The van der Waals surface area contributed by atoms with Gasteiger partial charge in [-0.25, -0.2) is 11.0 Å². The largest absolute Gasteiger partial charge is 0.340 e. The lowest BCUT2D eigenvalue weighted by Crippen LogP contribution is -2.44. The fraction of sp³-hybridized carbons (Fsp3) is 0.442. The minimum atomic E-state index is -0.736. The molecule has 4 amide bonds. The van der Waals surface area contributed by atoms with Gasteiger partial charge in [-0.2, -0.15) is 10.2 Å². The number of hydrogen-bond donors (Lipinski definition) is 4. The summed E-state index contributed by atoms with van der Waals surface area (Å²) in [6.45, 7) is 5.88. The highest BCUT2D eigenvalue weighted by Gasteiger charge is 2.25. The molecule has 0 bridgehead atoms. The maximum atomic E-state index is 12.8. The van der Waals surface area contributed by atoms with Gasteiger partial charge in [0.1, 0.15) is 12.6 Å². The van der Waals surface area contributed by atoms with Crippen LogP contribution in [0.15, 0.2) is 66.7 Å². The molecule has 0 aliphatic heterocycles. The zero-order valence-corrected chi connectivity index (χ0v) is 33.3. The second kappa shape index (κ2) is 19.0. The van der Waals surface area contributed by atoms with E-state index >= 15 is 0 Å². The standard InChI is InChI=1S/C25H30N4O3.C18H24N4O3/c1-3-22-21-14-13-19(15-23(21)29(27-22)20-11-7-8-12-20)25(31)26-17(2)24(30)28-32-16-18-9-5-4-6-10-18;1-3-15-14-9-8-12(18(24)21(2)11-17(23)20-25)10-16(14)22(19-15)13-6-4-5-7-13/h4-6,9-10,13-15,17,20H,3,7-8,11-12,16H2,1-2H3,(H,26,31)(H,28,30);8-10,13,25H,3-7,11H2,1-2H3,(H,20,23). The normalized spacial score (nSPS) is 15.0. The lowest BCUT2D eigenvalue weighted by molar-refractivity contribution is -0.136. The third-order valence-electron chi connectivity index (χ3n) is 10.9. The monoisotopic (exact) mass is 778 g/mol. The summed E-state index contributed by atoms with van der Waals surface area (Å²) >= 11 is 0. The quantitative estimate of drug-likeness (QED) is 0.0789. The number of amides is 4. The molecule has 5 aromatic rings. The van der Waals surface area contributed by atoms with Crippen molar-refractivity contribution in [1.82, 2.24) is 40.7 Å². The predicted octanol–water partition coefficient (Wildman–Crippen LogP) is 6.37. The zero-order chi connectivity index (χ0) is 40.5. The average Bonchev–Trinajstić information content (AvgIpc) is 4.07. The maximum Gasteiger partial charge on any atom is 0.265 e. The van der Waals surface area contributed by atoms with Crippen molar-refractivity contribution in [1.29, 1.82) is 0 Å². The molecule has 1 unspecified atom stereocenters. The second-order valence-corrected chi connectivity index (χ2v) is 15.0. The summed E-state index contributed by atoms with van der Waals surface area (Å²) in [6, 6.07) is 20.9. The van der Waals surface area contributed by atoms with Crippen molar-refractivity contribution in [3.05, 3.63) is 94.8 Å². The van der Waals surface area contributed by atoms with Gasteiger partial charge in [0.05, 0.1) is 41.1 Å². The summed E-state index contributed by atoms with van der Waals surface area (Å²) < 4.78 is 4.18. The molecule has 2 saturated carbocycles. The molecule has 0 spiro atoms. The van der Waals surface area contributed by atoms with Gasteiger partial charge in [-0.15, -0.1) is 0 Å². The van der Waals surface area contributed by atoms with Crippen LogP contribution in [0.4, 0.5) is 0 Å². The first-order valence-corrected chi connectivity index (χ1v) is 20.1. The molecule has 2 aliphatic rings. The Morgan fingerprint density at radius 2 is 1.33 bits per heavy atom. The van der Waals surface area contributed by atoms with Crippen LogP contribution >= 0.6 is 0 Å². The number of hydroxylamine groups is 2. The Hall–Kier alpha value is -5.60. The molecule has 2 aromatic heterocycles. The fourth-order valence-corrected chi connectivity index (χ4v) is 7.80. The molecule has 7 rings (SSSR count). The van der Waals surface area contributed by atoms with Crippen LogP contribution in [0.2, 0.25) is 0 Å². The molecule has 302 valence electrons. The van der Waals surface area contributed by atoms with Gasteiger partial charge in [-0.1, -0.05) is 82.0 Å². The van der Waals surface area contributed by atoms with E-state index in [2.05, 4.69) is 34.0 Å². The SMILES string of the molecule is CCc1nn(C2CCCC2)c2cc(C(=O)N(C)CC(=O)NO)ccc12.CCc1nn(C2CCCC2)c2cc(C(=O)NC(C)C(=O)NOCc3ccccc3)ccc12. The van der Waals surface area contributed by atoms with Gasteiger partial charge in [-0.3, -0.25) is 38.6 Å². The Balaban J connectivity index is 0.000000199. The first-order valence-electron chi connectivity index (χ1n) is 20.1. The Labute approximate surface area is 332 Å². The fourth-order valence-electron chi connectivity index (χ4n) is 7.80. The molecular weight excluding hydrogens is 725 g/mol. The van der Waals surface area contributed by atoms with Crippen LogP contribution in [-0.2, 0) is 33.9 Å². The van der Waals surface area contributed by atoms with E-state index in [0.717, 1.165) is 77.3 Å².